The first-order valence-electron chi connectivity index (χ1n) is 4.18. The number of amides is 1. The SMILES string of the molecule is COCC(=O)N1CCNCC1C#N. The quantitative estimate of drug-likeness (QED) is 0.593. The van der Waals surface area contributed by atoms with Crippen molar-refractivity contribution in [3.8, 4) is 6.07 Å². The van der Waals surface area contributed by atoms with Gasteiger partial charge in [-0.15, -0.1) is 0 Å². The molecule has 13 heavy (non-hydrogen) atoms. The van der Waals surface area contributed by atoms with Crippen LogP contribution in [0.5, 0.6) is 0 Å². The van der Waals surface area contributed by atoms with Crippen LogP contribution >= 0.6 is 0 Å². The minimum absolute atomic E-state index is 0.0537. The number of carbonyl (C=O) groups excluding carboxylic acids is 1. The van der Waals surface area contributed by atoms with E-state index in [-0.39, 0.29) is 18.6 Å². The third-order valence-corrected chi connectivity index (χ3v) is 1.98. The summed E-state index contributed by atoms with van der Waals surface area (Å²) in [5, 5.41) is 11.8. The van der Waals surface area contributed by atoms with Crippen molar-refractivity contribution in [1.82, 2.24) is 10.2 Å². The number of piperazine rings is 1. The Kier molecular flexibility index (Phi) is 3.68. The first-order chi connectivity index (χ1) is 6.29. The van der Waals surface area contributed by atoms with E-state index < -0.39 is 0 Å². The third kappa shape index (κ3) is 2.41. The molecule has 72 valence electrons. The molecule has 0 spiro atoms. The van der Waals surface area contributed by atoms with Gasteiger partial charge in [0.2, 0.25) is 5.91 Å². The molecule has 1 saturated heterocycles. The van der Waals surface area contributed by atoms with E-state index in [1.54, 1.807) is 4.90 Å². The Labute approximate surface area is 77.3 Å². The summed E-state index contributed by atoms with van der Waals surface area (Å²) in [6.07, 6.45) is 0. The second-order valence-electron chi connectivity index (χ2n) is 2.87. The molecule has 0 aromatic heterocycles. The van der Waals surface area contributed by atoms with Crippen LogP contribution in [0.4, 0.5) is 0 Å². The molecule has 0 radical (unpaired) electrons. The predicted octanol–water partition coefficient (Wildman–Crippen LogP) is -1.04. The minimum atomic E-state index is -0.351. The highest BCUT2D eigenvalue weighted by Gasteiger charge is 2.25. The molecule has 1 aliphatic rings. The van der Waals surface area contributed by atoms with Crippen LogP contribution < -0.4 is 5.32 Å². The summed E-state index contributed by atoms with van der Waals surface area (Å²) < 4.78 is 4.73. The topological polar surface area (TPSA) is 65.4 Å². The molecule has 5 nitrogen and oxygen atoms in total. The van der Waals surface area contributed by atoms with E-state index in [9.17, 15) is 4.79 Å². The zero-order valence-electron chi connectivity index (χ0n) is 7.62. The van der Waals surface area contributed by atoms with Gasteiger partial charge in [-0.3, -0.25) is 4.79 Å². The Hall–Kier alpha value is -1.12. The van der Waals surface area contributed by atoms with E-state index in [0.717, 1.165) is 6.54 Å². The third-order valence-electron chi connectivity index (χ3n) is 1.98. The van der Waals surface area contributed by atoms with Gasteiger partial charge < -0.3 is 15.0 Å². The Morgan fingerprint density at radius 3 is 3.23 bits per heavy atom. The zero-order valence-corrected chi connectivity index (χ0v) is 7.62. The first kappa shape index (κ1) is 9.96. The van der Waals surface area contributed by atoms with Crippen LogP contribution in [-0.2, 0) is 9.53 Å². The maximum absolute atomic E-state index is 11.4. The number of hydrogen-bond acceptors (Lipinski definition) is 4. The van der Waals surface area contributed by atoms with E-state index in [4.69, 9.17) is 10.00 Å². The summed E-state index contributed by atoms with van der Waals surface area (Å²) in [5.41, 5.74) is 0. The molecule has 0 bridgehead atoms. The van der Waals surface area contributed by atoms with Gasteiger partial charge in [0.25, 0.3) is 0 Å². The van der Waals surface area contributed by atoms with Crippen LogP contribution in [0.25, 0.3) is 0 Å². The lowest BCUT2D eigenvalue weighted by Crippen LogP contribution is -2.53. The monoisotopic (exact) mass is 183 g/mol. The van der Waals surface area contributed by atoms with Crippen molar-refractivity contribution in [2.45, 2.75) is 6.04 Å². The average Bonchev–Trinajstić information content (AvgIpc) is 2.18. The van der Waals surface area contributed by atoms with Gasteiger partial charge >= 0.3 is 0 Å². The Balaban J connectivity index is 2.54. The summed E-state index contributed by atoms with van der Waals surface area (Å²) in [6, 6.07) is 1.73. The zero-order chi connectivity index (χ0) is 9.68. The highest BCUT2D eigenvalue weighted by molar-refractivity contribution is 5.78. The molecule has 1 N–H and O–H groups in total. The van der Waals surface area contributed by atoms with Gasteiger partial charge in [-0.2, -0.15) is 5.26 Å². The Bertz CT molecular complexity index is 224. The lowest BCUT2D eigenvalue weighted by Gasteiger charge is -2.31. The van der Waals surface area contributed by atoms with Crippen molar-refractivity contribution in [3.63, 3.8) is 0 Å². The van der Waals surface area contributed by atoms with Crippen molar-refractivity contribution in [1.29, 1.82) is 5.26 Å². The molecular weight excluding hydrogens is 170 g/mol. The number of methoxy groups -OCH3 is 1. The standard InChI is InChI=1S/C8H13N3O2/c1-13-6-8(12)11-3-2-10-5-7(11)4-9/h7,10H,2-3,5-6H2,1H3. The maximum Gasteiger partial charge on any atom is 0.249 e. The van der Waals surface area contributed by atoms with Gasteiger partial charge in [0.15, 0.2) is 0 Å². The van der Waals surface area contributed by atoms with Gasteiger partial charge in [-0.05, 0) is 0 Å². The van der Waals surface area contributed by atoms with E-state index in [0.29, 0.717) is 13.1 Å². The summed E-state index contributed by atoms with van der Waals surface area (Å²) in [4.78, 5) is 12.9. The molecule has 1 aliphatic heterocycles. The first-order valence-corrected chi connectivity index (χ1v) is 4.18. The predicted molar refractivity (Wildman–Crippen MR) is 45.9 cm³/mol. The molecule has 1 heterocycles. The van der Waals surface area contributed by atoms with Crippen molar-refractivity contribution in [2.24, 2.45) is 0 Å². The fourth-order valence-corrected chi connectivity index (χ4v) is 1.32. The highest BCUT2D eigenvalue weighted by atomic mass is 16.5. The van der Waals surface area contributed by atoms with Crippen LogP contribution in [0.2, 0.25) is 0 Å². The second-order valence-corrected chi connectivity index (χ2v) is 2.87. The molecule has 0 aliphatic carbocycles. The lowest BCUT2D eigenvalue weighted by atomic mass is 10.2. The van der Waals surface area contributed by atoms with Crippen LogP contribution in [0.15, 0.2) is 0 Å². The number of hydrogen-bond donors (Lipinski definition) is 1. The van der Waals surface area contributed by atoms with Gasteiger partial charge in [0.1, 0.15) is 12.6 Å². The van der Waals surface area contributed by atoms with Crippen molar-refractivity contribution in [3.05, 3.63) is 0 Å². The summed E-state index contributed by atoms with van der Waals surface area (Å²) in [6.45, 7) is 1.93. The normalized spacial score (nSPS) is 22.5. The number of nitrogens with zero attached hydrogens (tertiary/aromatic N) is 2. The number of nitrogens with one attached hydrogen (secondary N) is 1. The number of rotatable bonds is 2. The van der Waals surface area contributed by atoms with E-state index in [2.05, 4.69) is 11.4 Å². The van der Waals surface area contributed by atoms with Gasteiger partial charge in [-0.25, -0.2) is 0 Å². The van der Waals surface area contributed by atoms with E-state index in [1.807, 2.05) is 0 Å². The highest BCUT2D eigenvalue weighted by Crippen LogP contribution is 2.02. The van der Waals surface area contributed by atoms with Gasteiger partial charge in [0, 0.05) is 26.7 Å². The molecule has 0 aromatic rings. The van der Waals surface area contributed by atoms with Gasteiger partial charge in [-0.1, -0.05) is 0 Å². The van der Waals surface area contributed by atoms with Crippen LogP contribution in [0.3, 0.4) is 0 Å². The van der Waals surface area contributed by atoms with Crippen molar-refractivity contribution >= 4 is 5.91 Å². The fraction of sp³-hybridized carbons (Fsp3) is 0.750. The largest absolute Gasteiger partial charge is 0.375 e. The van der Waals surface area contributed by atoms with Crippen LogP contribution in [0.1, 0.15) is 0 Å². The molecule has 1 fully saturated rings. The smallest absolute Gasteiger partial charge is 0.249 e. The van der Waals surface area contributed by atoms with E-state index >= 15 is 0 Å². The molecule has 0 saturated carbocycles. The van der Waals surface area contributed by atoms with Gasteiger partial charge in [0.05, 0.1) is 6.07 Å². The Morgan fingerprint density at radius 1 is 1.85 bits per heavy atom. The minimum Gasteiger partial charge on any atom is -0.375 e. The molecule has 1 amide bonds. The van der Waals surface area contributed by atoms with Crippen molar-refractivity contribution in [2.75, 3.05) is 33.4 Å². The summed E-state index contributed by atoms with van der Waals surface area (Å²) in [7, 11) is 1.47. The Morgan fingerprint density at radius 2 is 2.62 bits per heavy atom. The van der Waals surface area contributed by atoms with Crippen LogP contribution in [-0.4, -0.2) is 50.2 Å². The lowest BCUT2D eigenvalue weighted by molar-refractivity contribution is -0.137. The molecule has 0 aromatic carbocycles. The molecule has 1 rings (SSSR count). The summed E-state index contributed by atoms with van der Waals surface area (Å²) in [5.74, 6) is -0.115. The van der Waals surface area contributed by atoms with Crippen LogP contribution in [0, 0.1) is 11.3 Å². The average molecular weight is 183 g/mol. The second kappa shape index (κ2) is 4.80. The maximum atomic E-state index is 11.4. The molecular formula is C8H13N3O2. The number of ether oxygens (including phenoxy) is 1. The number of nitriles is 1. The molecule has 1 atom stereocenters. The fourth-order valence-electron chi connectivity index (χ4n) is 1.32. The van der Waals surface area contributed by atoms with E-state index in [1.165, 1.54) is 7.11 Å². The van der Waals surface area contributed by atoms with Crippen molar-refractivity contribution < 1.29 is 9.53 Å². The summed E-state index contributed by atoms with van der Waals surface area (Å²) >= 11 is 0. The number of carbonyl (C=O) groups is 1. The molecule has 5 heteroatoms. The molecule has 1 unspecified atom stereocenters.